The molecule has 4 heteroatoms. The molecule has 2 rings (SSSR count). The molecule has 1 aliphatic rings. The van der Waals surface area contributed by atoms with Gasteiger partial charge in [0.15, 0.2) is 0 Å². The highest BCUT2D eigenvalue weighted by atomic mass is 16.6. The normalized spacial score (nSPS) is 13.4. The second-order valence-corrected chi connectivity index (χ2v) is 3.52. The maximum absolute atomic E-state index is 10.7. The lowest BCUT2D eigenvalue weighted by Gasteiger charge is -2.00. The first-order valence-corrected chi connectivity index (χ1v) is 5.24. The van der Waals surface area contributed by atoms with Crippen LogP contribution < -0.4 is 5.32 Å². The number of nitro groups is 1. The molecular weight excluding hydrogens is 216 g/mol. The molecule has 0 spiro atoms. The zero-order valence-electron chi connectivity index (χ0n) is 9.12. The average molecular weight is 226 g/mol. The minimum absolute atomic E-state index is 0.0510. The van der Waals surface area contributed by atoms with Crippen molar-refractivity contribution in [1.29, 1.82) is 0 Å². The number of rotatable bonds is 1. The van der Waals surface area contributed by atoms with Crippen molar-refractivity contribution in [2.45, 2.75) is 6.42 Å². The first kappa shape index (κ1) is 11.2. The zero-order valence-corrected chi connectivity index (χ0v) is 9.12. The number of benzene rings is 1. The molecule has 17 heavy (non-hydrogen) atoms. The summed E-state index contributed by atoms with van der Waals surface area (Å²) in [4.78, 5) is 10.3. The van der Waals surface area contributed by atoms with Gasteiger partial charge in [0.1, 0.15) is 0 Å². The second kappa shape index (κ2) is 5.16. The quantitative estimate of drug-likeness (QED) is 0.446. The summed E-state index contributed by atoms with van der Waals surface area (Å²) in [7, 11) is 0. The van der Waals surface area contributed by atoms with Gasteiger partial charge in [-0.15, -0.1) is 0 Å². The molecule has 0 unspecified atom stereocenters. The molecule has 1 N–H and O–H groups in total. The van der Waals surface area contributed by atoms with Crippen molar-refractivity contribution in [3.05, 3.63) is 39.4 Å². The average Bonchev–Trinajstić information content (AvgIpc) is 2.34. The number of fused-ring (bicyclic) bond motifs is 1. The lowest BCUT2D eigenvalue weighted by Crippen LogP contribution is -2.15. The standard InChI is InChI=1S/C13H10N2O2/c16-15(17)13-7-6-11-5-3-9-14-8-2-1-4-12(11)10-13/h6-7,10,14H,2,8-9H2. The summed E-state index contributed by atoms with van der Waals surface area (Å²) in [6.07, 6.45) is 0.712. The van der Waals surface area contributed by atoms with Gasteiger partial charge in [0, 0.05) is 36.2 Å². The number of nitrogens with zero attached hydrogens (tertiary/aromatic N) is 1. The van der Waals surface area contributed by atoms with Gasteiger partial charge in [0.2, 0.25) is 0 Å². The Morgan fingerprint density at radius 1 is 1.24 bits per heavy atom. The van der Waals surface area contributed by atoms with Crippen LogP contribution >= 0.6 is 0 Å². The highest BCUT2D eigenvalue weighted by Gasteiger charge is 2.08. The fourth-order valence-corrected chi connectivity index (χ4v) is 1.46. The van der Waals surface area contributed by atoms with Crippen molar-refractivity contribution in [1.82, 2.24) is 5.32 Å². The van der Waals surface area contributed by atoms with Crippen LogP contribution in [0.25, 0.3) is 0 Å². The molecule has 0 aliphatic carbocycles. The van der Waals surface area contributed by atoms with E-state index in [1.165, 1.54) is 12.1 Å². The van der Waals surface area contributed by atoms with E-state index in [-0.39, 0.29) is 5.69 Å². The van der Waals surface area contributed by atoms with Gasteiger partial charge in [-0.1, -0.05) is 23.7 Å². The van der Waals surface area contributed by atoms with Gasteiger partial charge in [0.25, 0.3) is 5.69 Å². The van der Waals surface area contributed by atoms with Gasteiger partial charge < -0.3 is 5.32 Å². The van der Waals surface area contributed by atoms with Gasteiger partial charge >= 0.3 is 0 Å². The van der Waals surface area contributed by atoms with Crippen molar-refractivity contribution in [3.8, 4) is 23.7 Å². The molecule has 0 saturated heterocycles. The molecule has 0 saturated carbocycles. The van der Waals surface area contributed by atoms with E-state index in [1.807, 2.05) is 0 Å². The Bertz CT molecular complexity index is 571. The van der Waals surface area contributed by atoms with Crippen LogP contribution in [0.2, 0.25) is 0 Å². The first-order valence-electron chi connectivity index (χ1n) is 5.24. The lowest BCUT2D eigenvalue weighted by atomic mass is 10.1. The first-order chi connectivity index (χ1) is 8.27. The minimum Gasteiger partial charge on any atom is -0.305 e. The zero-order chi connectivity index (χ0) is 12.1. The fourth-order valence-electron chi connectivity index (χ4n) is 1.46. The number of hydrogen-bond donors (Lipinski definition) is 1. The van der Waals surface area contributed by atoms with E-state index in [0.717, 1.165) is 12.1 Å². The summed E-state index contributed by atoms with van der Waals surface area (Å²) >= 11 is 0. The third-order valence-electron chi connectivity index (χ3n) is 2.30. The topological polar surface area (TPSA) is 55.2 Å². The van der Waals surface area contributed by atoms with Crippen LogP contribution in [-0.4, -0.2) is 18.0 Å². The van der Waals surface area contributed by atoms with Gasteiger partial charge in [0.05, 0.1) is 11.5 Å². The molecule has 84 valence electrons. The van der Waals surface area contributed by atoms with Gasteiger partial charge in [-0.05, 0) is 6.07 Å². The Morgan fingerprint density at radius 3 is 2.88 bits per heavy atom. The van der Waals surface area contributed by atoms with Crippen LogP contribution in [0.15, 0.2) is 18.2 Å². The third-order valence-corrected chi connectivity index (χ3v) is 2.30. The van der Waals surface area contributed by atoms with Crippen molar-refractivity contribution in [2.24, 2.45) is 0 Å². The monoisotopic (exact) mass is 226 g/mol. The van der Waals surface area contributed by atoms with Crippen LogP contribution in [-0.2, 0) is 0 Å². The van der Waals surface area contributed by atoms with E-state index >= 15 is 0 Å². The Balaban J connectivity index is 2.47. The maximum atomic E-state index is 10.7. The minimum atomic E-state index is -0.421. The SMILES string of the molecule is O=[N+]([O-])c1ccc2c(c1)C#CCCNCC#C2. The lowest BCUT2D eigenvalue weighted by molar-refractivity contribution is -0.384. The third kappa shape index (κ3) is 2.84. The van der Waals surface area contributed by atoms with Crippen LogP contribution in [0.1, 0.15) is 17.5 Å². The molecule has 1 aromatic carbocycles. The summed E-state index contributed by atoms with van der Waals surface area (Å²) in [6.45, 7) is 1.39. The van der Waals surface area contributed by atoms with Crippen molar-refractivity contribution >= 4 is 5.69 Å². The molecule has 4 nitrogen and oxygen atoms in total. The largest absolute Gasteiger partial charge is 0.305 e. The maximum Gasteiger partial charge on any atom is 0.270 e. The van der Waals surface area contributed by atoms with E-state index in [1.54, 1.807) is 6.07 Å². The van der Waals surface area contributed by atoms with Gasteiger partial charge in [-0.25, -0.2) is 0 Å². The van der Waals surface area contributed by atoms with Crippen LogP contribution in [0.5, 0.6) is 0 Å². The Kier molecular flexibility index (Phi) is 3.40. The summed E-state index contributed by atoms with van der Waals surface area (Å²) in [5, 5.41) is 13.8. The van der Waals surface area contributed by atoms with E-state index in [9.17, 15) is 10.1 Å². The number of nitro benzene ring substituents is 1. The fraction of sp³-hybridized carbons (Fsp3) is 0.231. The predicted octanol–water partition coefficient (Wildman–Crippen LogP) is 1.29. The smallest absolute Gasteiger partial charge is 0.270 e. The molecule has 0 atom stereocenters. The molecule has 1 aliphatic heterocycles. The molecule has 0 fully saturated rings. The van der Waals surface area contributed by atoms with Gasteiger partial charge in [-0.2, -0.15) is 0 Å². The number of non-ortho nitro benzene ring substituents is 1. The van der Waals surface area contributed by atoms with E-state index in [2.05, 4.69) is 29.0 Å². The molecule has 0 radical (unpaired) electrons. The number of nitrogens with one attached hydrogen (secondary N) is 1. The Morgan fingerprint density at radius 2 is 2.06 bits per heavy atom. The summed E-state index contributed by atoms with van der Waals surface area (Å²) in [5.74, 6) is 11.8. The van der Waals surface area contributed by atoms with Crippen molar-refractivity contribution < 1.29 is 4.92 Å². The van der Waals surface area contributed by atoms with Crippen molar-refractivity contribution in [2.75, 3.05) is 13.1 Å². The summed E-state index contributed by atoms with van der Waals surface area (Å²) in [5.41, 5.74) is 1.43. The summed E-state index contributed by atoms with van der Waals surface area (Å²) < 4.78 is 0. The van der Waals surface area contributed by atoms with E-state index in [0.29, 0.717) is 18.5 Å². The number of hydrogen-bond acceptors (Lipinski definition) is 3. The highest BCUT2D eigenvalue weighted by Crippen LogP contribution is 2.16. The molecule has 0 amide bonds. The van der Waals surface area contributed by atoms with Gasteiger partial charge in [-0.3, -0.25) is 10.1 Å². The van der Waals surface area contributed by atoms with E-state index in [4.69, 9.17) is 0 Å². The Hall–Kier alpha value is -2.30. The van der Waals surface area contributed by atoms with Crippen molar-refractivity contribution in [3.63, 3.8) is 0 Å². The predicted molar refractivity (Wildman–Crippen MR) is 64.3 cm³/mol. The molecule has 1 aromatic rings. The second-order valence-electron chi connectivity index (χ2n) is 3.52. The molecule has 1 heterocycles. The molecule has 0 bridgehead atoms. The molecular formula is C13H10N2O2. The van der Waals surface area contributed by atoms with Crippen LogP contribution in [0, 0.1) is 33.8 Å². The van der Waals surface area contributed by atoms with Crippen LogP contribution in [0.3, 0.4) is 0 Å². The summed E-state index contributed by atoms with van der Waals surface area (Å²) in [6, 6.07) is 4.58. The highest BCUT2D eigenvalue weighted by molar-refractivity contribution is 5.55. The van der Waals surface area contributed by atoms with E-state index < -0.39 is 4.92 Å². The Labute approximate surface area is 99.2 Å². The van der Waals surface area contributed by atoms with Crippen LogP contribution in [0.4, 0.5) is 5.69 Å². The molecule has 0 aromatic heterocycles.